The molecule has 1 heterocycles. The molecule has 0 aliphatic heterocycles. The molecule has 0 spiro atoms. The third kappa shape index (κ3) is 4.33. The summed E-state index contributed by atoms with van der Waals surface area (Å²) in [6.07, 6.45) is 2.81. The van der Waals surface area contributed by atoms with Crippen molar-refractivity contribution in [2.24, 2.45) is 0 Å². The summed E-state index contributed by atoms with van der Waals surface area (Å²) in [5, 5.41) is 15.1. The van der Waals surface area contributed by atoms with Crippen molar-refractivity contribution in [1.29, 1.82) is 5.26 Å². The number of aryl methyl sites for hydroxylation is 1. The van der Waals surface area contributed by atoms with Crippen LogP contribution in [0.2, 0.25) is 0 Å². The minimum absolute atomic E-state index is 0.210. The molecule has 27 heavy (non-hydrogen) atoms. The smallest absolute Gasteiger partial charge is 0.338 e. The van der Waals surface area contributed by atoms with Crippen LogP contribution in [0.1, 0.15) is 39.7 Å². The van der Waals surface area contributed by atoms with Crippen LogP contribution in [-0.4, -0.2) is 24.4 Å². The fourth-order valence-corrected chi connectivity index (χ4v) is 4.14. The average Bonchev–Trinajstić information content (AvgIpc) is 3.20. The fraction of sp³-hybridized carbons (Fsp3) is 0.263. The molecule has 3 rings (SSSR count). The second-order valence-electron chi connectivity index (χ2n) is 6.06. The van der Waals surface area contributed by atoms with Gasteiger partial charge in [-0.3, -0.25) is 9.59 Å². The lowest BCUT2D eigenvalue weighted by Crippen LogP contribution is -2.21. The molecule has 0 radical (unpaired) electrons. The molecule has 0 saturated carbocycles. The Hall–Kier alpha value is -3.18. The third-order valence-electron chi connectivity index (χ3n) is 4.06. The van der Waals surface area contributed by atoms with E-state index < -0.39 is 18.5 Å². The van der Waals surface area contributed by atoms with Crippen molar-refractivity contribution in [2.75, 3.05) is 17.2 Å². The van der Waals surface area contributed by atoms with E-state index in [-0.39, 0.29) is 11.5 Å². The third-order valence-corrected chi connectivity index (χ3v) is 5.27. The van der Waals surface area contributed by atoms with E-state index in [9.17, 15) is 19.6 Å². The zero-order chi connectivity index (χ0) is 19.4. The molecule has 1 aromatic carbocycles. The molecule has 0 unspecified atom stereocenters. The van der Waals surface area contributed by atoms with Crippen molar-refractivity contribution >= 4 is 39.8 Å². The van der Waals surface area contributed by atoms with E-state index in [0.717, 1.165) is 29.7 Å². The summed E-state index contributed by atoms with van der Waals surface area (Å²) in [5.74, 6) is -1.35. The van der Waals surface area contributed by atoms with Gasteiger partial charge >= 0.3 is 5.97 Å². The number of ether oxygens (including phenoxy) is 1. The zero-order valence-corrected chi connectivity index (χ0v) is 15.4. The number of carbonyl (C=O) groups is 3. The van der Waals surface area contributed by atoms with Crippen LogP contribution < -0.4 is 10.6 Å². The largest absolute Gasteiger partial charge is 0.452 e. The standard InChI is InChI=1S/C19H17N3O4S/c1-11(23)21-13-7-5-12(6-8-13)19(25)26-10-17(24)22-18-15(9-20)14-3-2-4-16(14)27-18/h5-8H,2-4,10H2,1H3,(H,21,23)(H,22,24). The van der Waals surface area contributed by atoms with E-state index in [1.165, 1.54) is 30.4 Å². The summed E-state index contributed by atoms with van der Waals surface area (Å²) in [7, 11) is 0. The van der Waals surface area contributed by atoms with E-state index in [1.54, 1.807) is 12.1 Å². The molecule has 0 fully saturated rings. The number of carbonyl (C=O) groups excluding carboxylic acids is 3. The molecule has 138 valence electrons. The molecule has 0 saturated heterocycles. The molecule has 1 aliphatic rings. The number of fused-ring (bicyclic) bond motifs is 1. The van der Waals surface area contributed by atoms with Gasteiger partial charge in [0.15, 0.2) is 6.61 Å². The van der Waals surface area contributed by atoms with Crippen LogP contribution in [0, 0.1) is 11.3 Å². The van der Waals surface area contributed by atoms with Crippen LogP contribution in [0.25, 0.3) is 0 Å². The Morgan fingerprint density at radius 1 is 1.19 bits per heavy atom. The Bertz CT molecular complexity index is 941. The van der Waals surface area contributed by atoms with Crippen molar-refractivity contribution in [3.63, 3.8) is 0 Å². The van der Waals surface area contributed by atoms with Gasteiger partial charge in [-0.05, 0) is 49.1 Å². The Morgan fingerprint density at radius 2 is 1.93 bits per heavy atom. The number of nitrogens with zero attached hydrogens (tertiary/aromatic N) is 1. The van der Waals surface area contributed by atoms with Crippen molar-refractivity contribution in [3.8, 4) is 6.07 Å². The van der Waals surface area contributed by atoms with E-state index >= 15 is 0 Å². The summed E-state index contributed by atoms with van der Waals surface area (Å²) in [6, 6.07) is 8.30. The van der Waals surface area contributed by atoms with Crippen LogP contribution in [-0.2, 0) is 27.2 Å². The monoisotopic (exact) mass is 383 g/mol. The topological polar surface area (TPSA) is 108 Å². The Labute approximate surface area is 159 Å². The molecule has 2 amide bonds. The minimum Gasteiger partial charge on any atom is -0.452 e. The Balaban J connectivity index is 1.56. The summed E-state index contributed by atoms with van der Waals surface area (Å²) in [4.78, 5) is 36.2. The van der Waals surface area contributed by atoms with Gasteiger partial charge in [0.25, 0.3) is 5.91 Å². The minimum atomic E-state index is -0.645. The number of nitrogens with one attached hydrogen (secondary N) is 2. The first-order chi connectivity index (χ1) is 13.0. The van der Waals surface area contributed by atoms with Crippen LogP contribution in [0.3, 0.4) is 0 Å². The maximum absolute atomic E-state index is 12.1. The lowest BCUT2D eigenvalue weighted by Gasteiger charge is -2.07. The molecule has 2 N–H and O–H groups in total. The number of hydrogen-bond acceptors (Lipinski definition) is 6. The van der Waals surface area contributed by atoms with Gasteiger partial charge < -0.3 is 15.4 Å². The van der Waals surface area contributed by atoms with E-state index in [1.807, 2.05) is 0 Å². The lowest BCUT2D eigenvalue weighted by molar-refractivity contribution is -0.119. The quantitative estimate of drug-likeness (QED) is 0.772. The molecule has 1 aliphatic carbocycles. The van der Waals surface area contributed by atoms with Crippen LogP contribution in [0.15, 0.2) is 24.3 Å². The SMILES string of the molecule is CC(=O)Nc1ccc(C(=O)OCC(=O)Nc2sc3c(c2C#N)CCC3)cc1. The zero-order valence-electron chi connectivity index (χ0n) is 14.6. The van der Waals surface area contributed by atoms with Crippen molar-refractivity contribution in [3.05, 3.63) is 45.8 Å². The van der Waals surface area contributed by atoms with Crippen LogP contribution in [0.5, 0.6) is 0 Å². The maximum atomic E-state index is 12.1. The summed E-state index contributed by atoms with van der Waals surface area (Å²) in [6.45, 7) is 0.945. The first-order valence-electron chi connectivity index (χ1n) is 8.37. The van der Waals surface area contributed by atoms with E-state index in [4.69, 9.17) is 4.74 Å². The first kappa shape index (κ1) is 18.6. The molecular weight excluding hydrogens is 366 g/mol. The second-order valence-corrected chi connectivity index (χ2v) is 7.16. The number of anilines is 2. The number of nitriles is 1. The van der Waals surface area contributed by atoms with Gasteiger partial charge in [0, 0.05) is 17.5 Å². The maximum Gasteiger partial charge on any atom is 0.338 e. The highest BCUT2D eigenvalue weighted by atomic mass is 32.1. The van der Waals surface area contributed by atoms with Gasteiger partial charge in [0.1, 0.15) is 11.1 Å². The Kier molecular flexibility index (Phi) is 5.52. The summed E-state index contributed by atoms with van der Waals surface area (Å²) in [5.41, 5.74) is 2.37. The normalized spacial score (nSPS) is 12.0. The van der Waals surface area contributed by atoms with Crippen molar-refractivity contribution < 1.29 is 19.1 Å². The summed E-state index contributed by atoms with van der Waals surface area (Å²) < 4.78 is 5.02. The second kappa shape index (κ2) is 8.01. The predicted molar refractivity (Wildman–Crippen MR) is 101 cm³/mol. The number of amides is 2. The molecule has 1 aromatic heterocycles. The van der Waals surface area contributed by atoms with Gasteiger partial charge in [-0.2, -0.15) is 5.26 Å². The fourth-order valence-electron chi connectivity index (χ4n) is 2.88. The number of rotatable bonds is 5. The van der Waals surface area contributed by atoms with Crippen molar-refractivity contribution in [2.45, 2.75) is 26.2 Å². The predicted octanol–water partition coefficient (Wildman–Crippen LogP) is 2.86. The van der Waals surface area contributed by atoms with E-state index in [2.05, 4.69) is 16.7 Å². The number of esters is 1. The average molecular weight is 383 g/mol. The van der Waals surface area contributed by atoms with Gasteiger partial charge in [-0.1, -0.05) is 0 Å². The van der Waals surface area contributed by atoms with Crippen LogP contribution in [0.4, 0.5) is 10.7 Å². The van der Waals surface area contributed by atoms with Gasteiger partial charge in [-0.15, -0.1) is 11.3 Å². The molecule has 8 heteroatoms. The van der Waals surface area contributed by atoms with Gasteiger partial charge in [-0.25, -0.2) is 4.79 Å². The van der Waals surface area contributed by atoms with Gasteiger partial charge in [0.05, 0.1) is 11.1 Å². The molecule has 0 bridgehead atoms. The summed E-state index contributed by atoms with van der Waals surface area (Å²) >= 11 is 1.41. The van der Waals surface area contributed by atoms with Gasteiger partial charge in [0.2, 0.25) is 5.91 Å². The first-order valence-corrected chi connectivity index (χ1v) is 9.19. The highest BCUT2D eigenvalue weighted by Gasteiger charge is 2.23. The highest BCUT2D eigenvalue weighted by molar-refractivity contribution is 7.16. The van der Waals surface area contributed by atoms with Crippen LogP contribution >= 0.6 is 11.3 Å². The highest BCUT2D eigenvalue weighted by Crippen LogP contribution is 2.38. The Morgan fingerprint density at radius 3 is 2.59 bits per heavy atom. The number of benzene rings is 1. The lowest BCUT2D eigenvalue weighted by atomic mass is 10.1. The molecule has 0 atom stereocenters. The molecule has 2 aromatic rings. The van der Waals surface area contributed by atoms with E-state index in [0.29, 0.717) is 16.3 Å². The number of thiophene rings is 1. The van der Waals surface area contributed by atoms with Crippen molar-refractivity contribution in [1.82, 2.24) is 0 Å². The molecule has 7 nitrogen and oxygen atoms in total. The number of hydrogen-bond donors (Lipinski definition) is 2. The molecular formula is C19H17N3O4S.